The topological polar surface area (TPSA) is 107 Å². The quantitative estimate of drug-likeness (QED) is 0.361. The molecule has 186 valence electrons. The summed E-state index contributed by atoms with van der Waals surface area (Å²) in [6.45, 7) is 7.07. The zero-order valence-corrected chi connectivity index (χ0v) is 20.8. The van der Waals surface area contributed by atoms with Crippen LogP contribution < -0.4 is 16.0 Å². The summed E-state index contributed by atoms with van der Waals surface area (Å²) in [4.78, 5) is 23.6. The molecule has 2 aromatic heterocycles. The summed E-state index contributed by atoms with van der Waals surface area (Å²) < 4.78 is 11.8. The van der Waals surface area contributed by atoms with Gasteiger partial charge in [0.25, 0.3) is 0 Å². The second-order valence-electron chi connectivity index (χ2n) is 10.1. The first kappa shape index (κ1) is 23.7. The number of piperidine rings is 1. The van der Waals surface area contributed by atoms with Crippen LogP contribution in [0.25, 0.3) is 33.6 Å². The summed E-state index contributed by atoms with van der Waals surface area (Å²) in [5.74, 6) is 1.57. The van der Waals surface area contributed by atoms with Gasteiger partial charge >= 0.3 is 6.09 Å². The Bertz CT molecular complexity index is 1350. The molecule has 3 heterocycles. The van der Waals surface area contributed by atoms with E-state index >= 15 is 0 Å². The van der Waals surface area contributed by atoms with Crippen LogP contribution >= 0.6 is 0 Å². The molecule has 0 radical (unpaired) electrons. The van der Waals surface area contributed by atoms with Crippen molar-refractivity contribution in [1.82, 2.24) is 15.3 Å². The fraction of sp³-hybridized carbons (Fsp3) is 0.321. The molecule has 1 aliphatic heterocycles. The number of fused-ring (bicyclic) bond motifs is 1. The molecule has 0 unspecified atom stereocenters. The highest BCUT2D eigenvalue weighted by molar-refractivity contribution is 6.06. The van der Waals surface area contributed by atoms with Gasteiger partial charge in [-0.25, -0.2) is 14.8 Å². The highest BCUT2D eigenvalue weighted by Crippen LogP contribution is 2.43. The number of benzene rings is 2. The highest BCUT2D eigenvalue weighted by atomic mass is 16.6. The molecule has 1 saturated heterocycles. The Balaban J connectivity index is 1.48. The van der Waals surface area contributed by atoms with Gasteiger partial charge in [0.2, 0.25) is 5.71 Å². The van der Waals surface area contributed by atoms with Crippen LogP contribution in [-0.2, 0) is 4.74 Å². The lowest BCUT2D eigenvalue weighted by molar-refractivity contribution is 0.0497. The van der Waals surface area contributed by atoms with Gasteiger partial charge in [-0.1, -0.05) is 30.3 Å². The molecule has 1 amide bonds. The number of ether oxygens (including phenoxy) is 1. The van der Waals surface area contributed by atoms with E-state index in [0.717, 1.165) is 59.6 Å². The molecule has 3 N–H and O–H groups in total. The molecule has 2 aromatic carbocycles. The molecular formula is C28H31N5O3. The van der Waals surface area contributed by atoms with E-state index in [4.69, 9.17) is 19.9 Å². The number of nitrogen functional groups attached to an aromatic ring is 1. The number of aromatic nitrogens is 2. The fourth-order valence-electron chi connectivity index (χ4n) is 4.59. The fourth-order valence-corrected chi connectivity index (χ4v) is 4.59. The Hall–Kier alpha value is -4.07. The van der Waals surface area contributed by atoms with E-state index in [1.165, 1.54) is 0 Å². The SMILES string of the molecule is CC(C)(C)OC(=O)NC1CCN(c2ncnc3oc(-c4ccc(N)cc4)c(-c4ccccc4)c23)CC1. The Morgan fingerprint density at radius 2 is 1.72 bits per heavy atom. The summed E-state index contributed by atoms with van der Waals surface area (Å²) in [5, 5.41) is 3.89. The van der Waals surface area contributed by atoms with Crippen LogP contribution in [0.3, 0.4) is 0 Å². The van der Waals surface area contributed by atoms with Crippen LogP contribution in [0, 0.1) is 0 Å². The standard InChI is InChI=1S/C28H31N5O3/c1-28(2,3)36-27(34)32-21-13-15-33(16-14-21)25-23-22(18-7-5-4-6-8-18)24(35-26(23)31-17-30-25)19-9-11-20(29)12-10-19/h4-12,17,21H,13-16,29H2,1-3H3,(H,32,34). The van der Waals surface area contributed by atoms with Crippen LogP contribution in [-0.4, -0.2) is 40.8 Å². The number of alkyl carbamates (subject to hydrolysis) is 1. The van der Waals surface area contributed by atoms with E-state index < -0.39 is 5.60 Å². The van der Waals surface area contributed by atoms with Gasteiger partial charge in [0, 0.05) is 35.9 Å². The number of hydrogen-bond acceptors (Lipinski definition) is 7. The molecule has 0 atom stereocenters. The third kappa shape index (κ3) is 4.98. The first-order valence-corrected chi connectivity index (χ1v) is 12.2. The Labute approximate surface area is 210 Å². The molecule has 0 spiro atoms. The van der Waals surface area contributed by atoms with E-state index in [1.807, 2.05) is 63.2 Å². The zero-order valence-electron chi connectivity index (χ0n) is 20.8. The number of anilines is 2. The lowest BCUT2D eigenvalue weighted by Crippen LogP contribution is -2.46. The summed E-state index contributed by atoms with van der Waals surface area (Å²) in [6.07, 6.45) is 2.75. The van der Waals surface area contributed by atoms with Crippen molar-refractivity contribution in [1.29, 1.82) is 0 Å². The average molecular weight is 486 g/mol. The van der Waals surface area contributed by atoms with Crippen molar-refractivity contribution in [2.45, 2.75) is 45.3 Å². The number of carbonyl (C=O) groups is 1. The normalized spacial score (nSPS) is 14.7. The Morgan fingerprint density at radius 1 is 1.03 bits per heavy atom. The predicted octanol–water partition coefficient (Wildman–Crippen LogP) is 5.63. The molecule has 8 heteroatoms. The molecule has 1 aliphatic rings. The lowest BCUT2D eigenvalue weighted by Gasteiger charge is -2.33. The van der Waals surface area contributed by atoms with Gasteiger partial charge in [0.05, 0.1) is 5.39 Å². The summed E-state index contributed by atoms with van der Waals surface area (Å²) in [7, 11) is 0. The number of amides is 1. The molecular weight excluding hydrogens is 454 g/mol. The number of furan rings is 1. The number of hydrogen-bond donors (Lipinski definition) is 2. The Kier molecular flexibility index (Phi) is 6.26. The predicted molar refractivity (Wildman–Crippen MR) is 142 cm³/mol. The van der Waals surface area contributed by atoms with Gasteiger partial charge in [-0.3, -0.25) is 0 Å². The smallest absolute Gasteiger partial charge is 0.407 e. The third-order valence-electron chi connectivity index (χ3n) is 6.22. The van der Waals surface area contributed by atoms with Gasteiger partial charge in [0.15, 0.2) is 0 Å². The van der Waals surface area contributed by atoms with Crippen molar-refractivity contribution in [2.24, 2.45) is 0 Å². The first-order valence-electron chi connectivity index (χ1n) is 12.2. The number of rotatable bonds is 4. The average Bonchev–Trinajstić information content (AvgIpc) is 3.24. The van der Waals surface area contributed by atoms with Crippen molar-refractivity contribution in [3.63, 3.8) is 0 Å². The lowest BCUT2D eigenvalue weighted by atomic mass is 9.98. The molecule has 0 bridgehead atoms. The maximum Gasteiger partial charge on any atom is 0.407 e. The molecule has 5 rings (SSSR count). The van der Waals surface area contributed by atoms with E-state index in [2.05, 4.69) is 27.3 Å². The van der Waals surface area contributed by atoms with Crippen LogP contribution in [0.5, 0.6) is 0 Å². The van der Waals surface area contributed by atoms with Crippen LogP contribution in [0.4, 0.5) is 16.3 Å². The van der Waals surface area contributed by atoms with Crippen molar-refractivity contribution >= 4 is 28.7 Å². The largest absolute Gasteiger partial charge is 0.444 e. The van der Waals surface area contributed by atoms with Crippen molar-refractivity contribution < 1.29 is 13.9 Å². The number of nitrogens with zero attached hydrogens (tertiary/aromatic N) is 3. The van der Waals surface area contributed by atoms with E-state index in [0.29, 0.717) is 11.4 Å². The molecule has 4 aromatic rings. The maximum atomic E-state index is 12.2. The monoisotopic (exact) mass is 485 g/mol. The van der Waals surface area contributed by atoms with Gasteiger partial charge in [-0.2, -0.15) is 0 Å². The van der Waals surface area contributed by atoms with E-state index in [9.17, 15) is 4.79 Å². The van der Waals surface area contributed by atoms with Crippen molar-refractivity contribution in [2.75, 3.05) is 23.7 Å². The summed E-state index contributed by atoms with van der Waals surface area (Å²) in [5.41, 5.74) is 9.55. The summed E-state index contributed by atoms with van der Waals surface area (Å²) in [6, 6.07) is 17.9. The highest BCUT2D eigenvalue weighted by Gasteiger charge is 2.28. The molecule has 0 saturated carbocycles. The van der Waals surface area contributed by atoms with Crippen LogP contribution in [0.15, 0.2) is 65.3 Å². The van der Waals surface area contributed by atoms with Crippen molar-refractivity contribution in [3.05, 3.63) is 60.9 Å². The number of nitrogens with two attached hydrogens (primary N) is 1. The molecule has 8 nitrogen and oxygen atoms in total. The minimum Gasteiger partial charge on any atom is -0.444 e. The Morgan fingerprint density at radius 3 is 2.39 bits per heavy atom. The van der Waals surface area contributed by atoms with Gasteiger partial charge in [0.1, 0.15) is 23.5 Å². The van der Waals surface area contributed by atoms with E-state index in [-0.39, 0.29) is 12.1 Å². The van der Waals surface area contributed by atoms with E-state index in [1.54, 1.807) is 6.33 Å². The molecule has 0 aliphatic carbocycles. The first-order chi connectivity index (χ1) is 17.3. The molecule has 1 fully saturated rings. The van der Waals surface area contributed by atoms with Crippen molar-refractivity contribution in [3.8, 4) is 22.5 Å². The number of nitrogens with one attached hydrogen (secondary N) is 1. The zero-order chi connectivity index (χ0) is 25.3. The number of carbonyl (C=O) groups excluding carboxylic acids is 1. The second kappa shape index (κ2) is 9.53. The van der Waals surface area contributed by atoms with Gasteiger partial charge in [-0.15, -0.1) is 0 Å². The minimum absolute atomic E-state index is 0.0525. The van der Waals surface area contributed by atoms with Gasteiger partial charge in [-0.05, 0) is 63.4 Å². The summed E-state index contributed by atoms with van der Waals surface area (Å²) >= 11 is 0. The van der Waals surface area contributed by atoms with Crippen LogP contribution in [0.2, 0.25) is 0 Å². The maximum absolute atomic E-state index is 12.2. The second-order valence-corrected chi connectivity index (χ2v) is 10.1. The van der Waals surface area contributed by atoms with Gasteiger partial charge < -0.3 is 25.1 Å². The van der Waals surface area contributed by atoms with Crippen LogP contribution in [0.1, 0.15) is 33.6 Å². The minimum atomic E-state index is -0.519. The third-order valence-corrected chi connectivity index (χ3v) is 6.22. The molecule has 36 heavy (non-hydrogen) atoms.